The molecule has 1 aliphatic heterocycles. The van der Waals surface area contributed by atoms with Gasteiger partial charge in [-0.15, -0.1) is 5.10 Å². The van der Waals surface area contributed by atoms with Crippen LogP contribution in [0.4, 0.5) is 5.82 Å². The molecule has 1 saturated heterocycles. The lowest BCUT2D eigenvalue weighted by atomic mass is 10.0. The maximum absolute atomic E-state index is 6.60. The minimum atomic E-state index is 0.195. The third-order valence-electron chi connectivity index (χ3n) is 5.65. The van der Waals surface area contributed by atoms with Gasteiger partial charge in [-0.3, -0.25) is 0 Å². The Morgan fingerprint density at radius 2 is 1.82 bits per heavy atom. The maximum Gasteiger partial charge on any atom is 0.184 e. The summed E-state index contributed by atoms with van der Waals surface area (Å²) in [6.45, 7) is 1.92. The third kappa shape index (κ3) is 5.06. The summed E-state index contributed by atoms with van der Waals surface area (Å²) in [5.41, 5.74) is 4.11. The molecule has 170 valence electrons. The van der Waals surface area contributed by atoms with Crippen molar-refractivity contribution in [1.82, 2.24) is 25.0 Å². The van der Waals surface area contributed by atoms with Gasteiger partial charge in [0.2, 0.25) is 0 Å². The fraction of sp³-hybridized carbons (Fsp3) is 0.304. The molecule has 2 aromatic heterocycles. The Kier molecular flexibility index (Phi) is 6.64. The van der Waals surface area contributed by atoms with E-state index in [0.717, 1.165) is 36.1 Å². The Morgan fingerprint density at radius 1 is 1.03 bits per heavy atom. The molecule has 0 saturated carbocycles. The van der Waals surface area contributed by atoms with Crippen molar-refractivity contribution < 1.29 is 4.74 Å². The van der Waals surface area contributed by atoms with E-state index in [-0.39, 0.29) is 6.10 Å². The molecule has 1 aliphatic rings. The Balaban J connectivity index is 1.35. The minimum absolute atomic E-state index is 0.195. The first-order chi connectivity index (χ1) is 16.1. The monoisotopic (exact) mass is 502 g/mol. The molecule has 7 nitrogen and oxygen atoms in total. The second-order valence-corrected chi connectivity index (χ2v) is 9.25. The molecular formula is C23H21Cl3N6O. The molecule has 1 unspecified atom stereocenters. The van der Waals surface area contributed by atoms with Crippen LogP contribution in [0.15, 0.2) is 42.7 Å². The number of halogens is 3. The number of nitrogens with one attached hydrogen (secondary N) is 1. The SMILES string of the molecule is Clc1ccc(Cc2c(Cl)cc(Cn3nnc4c(NCC5CCCO5)ncnc43)cc2Cl)cc1. The summed E-state index contributed by atoms with van der Waals surface area (Å²) in [4.78, 5) is 8.71. The van der Waals surface area contributed by atoms with E-state index in [1.807, 2.05) is 36.4 Å². The van der Waals surface area contributed by atoms with Crippen molar-refractivity contribution in [3.05, 3.63) is 74.5 Å². The predicted octanol–water partition coefficient (Wildman–Crippen LogP) is 5.41. The number of anilines is 1. The van der Waals surface area contributed by atoms with E-state index < -0.39 is 0 Å². The number of aromatic nitrogens is 5. The van der Waals surface area contributed by atoms with Gasteiger partial charge in [-0.2, -0.15) is 0 Å². The zero-order valence-corrected chi connectivity index (χ0v) is 19.9. The van der Waals surface area contributed by atoms with E-state index in [9.17, 15) is 0 Å². The van der Waals surface area contributed by atoms with Crippen LogP contribution >= 0.6 is 34.8 Å². The molecule has 1 fully saturated rings. The third-order valence-corrected chi connectivity index (χ3v) is 6.58. The van der Waals surface area contributed by atoms with Crippen molar-refractivity contribution in [2.75, 3.05) is 18.5 Å². The summed E-state index contributed by atoms with van der Waals surface area (Å²) in [5.74, 6) is 0.649. The normalized spacial score (nSPS) is 15.9. The van der Waals surface area contributed by atoms with Gasteiger partial charge in [-0.05, 0) is 53.8 Å². The van der Waals surface area contributed by atoms with Crippen LogP contribution in [0.1, 0.15) is 29.5 Å². The molecule has 1 atom stereocenters. The molecule has 4 aromatic rings. The highest BCUT2D eigenvalue weighted by Crippen LogP contribution is 2.30. The number of rotatable bonds is 7. The van der Waals surface area contributed by atoms with Crippen LogP contribution in [-0.4, -0.2) is 44.2 Å². The maximum atomic E-state index is 6.60. The molecule has 1 N–H and O–H groups in total. The first-order valence-corrected chi connectivity index (χ1v) is 11.8. The number of ether oxygens (including phenoxy) is 1. The standard InChI is InChI=1S/C23H21Cl3N6O/c24-16-5-3-14(4-6-16)8-18-19(25)9-15(10-20(18)26)12-32-23-21(30-31-32)22(28-13-29-23)27-11-17-2-1-7-33-17/h3-6,9-10,13,17H,1-2,7-8,11-12H2,(H,27,28,29). The van der Waals surface area contributed by atoms with Gasteiger partial charge < -0.3 is 10.1 Å². The van der Waals surface area contributed by atoms with E-state index in [1.54, 1.807) is 4.68 Å². The lowest BCUT2D eigenvalue weighted by molar-refractivity contribution is 0.120. The average Bonchev–Trinajstić information content (AvgIpc) is 3.47. The topological polar surface area (TPSA) is 77.8 Å². The van der Waals surface area contributed by atoms with Gasteiger partial charge >= 0.3 is 0 Å². The summed E-state index contributed by atoms with van der Waals surface area (Å²) < 4.78 is 7.38. The largest absolute Gasteiger partial charge is 0.376 e. The van der Waals surface area contributed by atoms with Gasteiger partial charge in [0, 0.05) is 34.6 Å². The number of hydrogen-bond acceptors (Lipinski definition) is 6. The minimum Gasteiger partial charge on any atom is -0.376 e. The molecule has 0 radical (unpaired) electrons. The summed E-state index contributed by atoms with van der Waals surface area (Å²) in [7, 11) is 0. The van der Waals surface area contributed by atoms with Crippen LogP contribution in [0, 0.1) is 0 Å². The number of benzene rings is 2. The van der Waals surface area contributed by atoms with Crippen molar-refractivity contribution in [3.63, 3.8) is 0 Å². The summed E-state index contributed by atoms with van der Waals surface area (Å²) >= 11 is 19.2. The van der Waals surface area contributed by atoms with Gasteiger partial charge in [0.05, 0.1) is 12.6 Å². The van der Waals surface area contributed by atoms with Crippen molar-refractivity contribution in [2.24, 2.45) is 0 Å². The molecule has 0 spiro atoms. The molecule has 2 aromatic carbocycles. The highest BCUT2D eigenvalue weighted by atomic mass is 35.5. The van der Waals surface area contributed by atoms with E-state index in [1.165, 1.54) is 6.33 Å². The van der Waals surface area contributed by atoms with Crippen LogP contribution < -0.4 is 5.32 Å². The lowest BCUT2D eigenvalue weighted by Crippen LogP contribution is -2.19. The van der Waals surface area contributed by atoms with E-state index in [2.05, 4.69) is 25.6 Å². The highest BCUT2D eigenvalue weighted by Gasteiger charge is 2.18. The molecule has 10 heteroatoms. The zero-order valence-electron chi connectivity index (χ0n) is 17.6. The van der Waals surface area contributed by atoms with Crippen molar-refractivity contribution in [3.8, 4) is 0 Å². The van der Waals surface area contributed by atoms with Crippen LogP contribution in [0.25, 0.3) is 11.2 Å². The molecule has 33 heavy (non-hydrogen) atoms. The van der Waals surface area contributed by atoms with E-state index >= 15 is 0 Å². The van der Waals surface area contributed by atoms with Gasteiger partial charge in [-0.1, -0.05) is 52.1 Å². The van der Waals surface area contributed by atoms with Gasteiger partial charge in [0.1, 0.15) is 6.33 Å². The fourth-order valence-corrected chi connectivity index (χ4v) is 4.73. The Morgan fingerprint density at radius 3 is 2.55 bits per heavy atom. The predicted molar refractivity (Wildman–Crippen MR) is 130 cm³/mol. The van der Waals surface area contributed by atoms with Crippen LogP contribution in [0.3, 0.4) is 0 Å². The summed E-state index contributed by atoms with van der Waals surface area (Å²) in [5, 5.41) is 13.8. The number of nitrogens with zero attached hydrogens (tertiary/aromatic N) is 5. The summed E-state index contributed by atoms with van der Waals surface area (Å²) in [6.07, 6.45) is 4.46. The zero-order chi connectivity index (χ0) is 22.8. The van der Waals surface area contributed by atoms with Crippen LogP contribution in [0.2, 0.25) is 15.1 Å². The van der Waals surface area contributed by atoms with E-state index in [0.29, 0.717) is 51.6 Å². The van der Waals surface area contributed by atoms with Crippen molar-refractivity contribution in [2.45, 2.75) is 31.9 Å². The van der Waals surface area contributed by atoms with Crippen LogP contribution in [0.5, 0.6) is 0 Å². The van der Waals surface area contributed by atoms with Gasteiger partial charge in [0.25, 0.3) is 0 Å². The molecule has 3 heterocycles. The molecule has 0 bridgehead atoms. The second kappa shape index (κ2) is 9.81. The molecular weight excluding hydrogens is 483 g/mol. The number of fused-ring (bicyclic) bond motifs is 1. The number of hydrogen-bond donors (Lipinski definition) is 1. The fourth-order valence-electron chi connectivity index (χ4n) is 3.94. The van der Waals surface area contributed by atoms with E-state index in [4.69, 9.17) is 39.5 Å². The second-order valence-electron chi connectivity index (χ2n) is 8.00. The first-order valence-electron chi connectivity index (χ1n) is 10.7. The highest BCUT2D eigenvalue weighted by molar-refractivity contribution is 6.36. The Bertz CT molecular complexity index is 1250. The Hall–Kier alpha value is -2.45. The smallest absolute Gasteiger partial charge is 0.184 e. The van der Waals surface area contributed by atoms with Crippen LogP contribution in [-0.2, 0) is 17.7 Å². The van der Waals surface area contributed by atoms with Gasteiger partial charge in [0.15, 0.2) is 17.0 Å². The van der Waals surface area contributed by atoms with Crippen molar-refractivity contribution >= 4 is 51.8 Å². The summed E-state index contributed by atoms with van der Waals surface area (Å²) in [6, 6.07) is 11.5. The van der Waals surface area contributed by atoms with Gasteiger partial charge in [-0.25, -0.2) is 14.6 Å². The molecule has 0 amide bonds. The average molecular weight is 504 g/mol. The Labute approximate surface area is 206 Å². The quantitative estimate of drug-likeness (QED) is 0.363. The van der Waals surface area contributed by atoms with Crippen molar-refractivity contribution in [1.29, 1.82) is 0 Å². The molecule has 0 aliphatic carbocycles. The first kappa shape index (κ1) is 22.3. The molecule has 5 rings (SSSR count). The lowest BCUT2D eigenvalue weighted by Gasteiger charge is -2.11.